The average molecular weight is 275 g/mol. The number of rotatable bonds is 2. The van der Waals surface area contributed by atoms with E-state index in [0.717, 1.165) is 0 Å². The number of carboxylic acid groups (broad SMARTS) is 1. The third-order valence-corrected chi connectivity index (χ3v) is 2.43. The van der Waals surface area contributed by atoms with Crippen LogP contribution in [-0.4, -0.2) is 22.8 Å². The molecule has 0 spiro atoms. The summed E-state index contributed by atoms with van der Waals surface area (Å²) >= 11 is 0. The van der Waals surface area contributed by atoms with E-state index in [1.54, 1.807) is 39.0 Å². The largest absolute Gasteiger partial charge is 0.477 e. The van der Waals surface area contributed by atoms with Crippen molar-refractivity contribution < 1.29 is 19.4 Å². The highest BCUT2D eigenvalue weighted by molar-refractivity contribution is 5.97. The molecule has 2 N–H and O–H groups in total. The van der Waals surface area contributed by atoms with Gasteiger partial charge in [0, 0.05) is 11.3 Å². The van der Waals surface area contributed by atoms with Crippen molar-refractivity contribution in [1.82, 2.24) is 5.32 Å². The summed E-state index contributed by atoms with van der Waals surface area (Å²) in [4.78, 5) is 22.5. The van der Waals surface area contributed by atoms with Gasteiger partial charge in [-0.05, 0) is 45.0 Å². The molecule has 1 aliphatic rings. The standard InChI is InChI=1S/C14H15N2O4/c1-14(2,3)20-13(19)15-9-4-5-10-8(6-9)7-11(16-10)12(17)18/h4-7H,1-3H3,(H,15,19)(H,17,18). The van der Waals surface area contributed by atoms with E-state index < -0.39 is 17.7 Å². The summed E-state index contributed by atoms with van der Waals surface area (Å²) in [5.74, 6) is -1.08. The number of carbonyl (C=O) groups is 2. The molecule has 0 aliphatic carbocycles. The van der Waals surface area contributed by atoms with E-state index in [-0.39, 0.29) is 5.70 Å². The number of hydrogen-bond acceptors (Lipinski definition) is 3. The second kappa shape index (κ2) is 4.88. The van der Waals surface area contributed by atoms with E-state index in [2.05, 4.69) is 10.6 Å². The molecule has 1 amide bonds. The third-order valence-electron chi connectivity index (χ3n) is 2.43. The monoisotopic (exact) mass is 275 g/mol. The molecular weight excluding hydrogens is 260 g/mol. The molecule has 1 heterocycles. The summed E-state index contributed by atoms with van der Waals surface area (Å²) < 4.78 is 5.14. The van der Waals surface area contributed by atoms with Crippen LogP contribution in [0.15, 0.2) is 23.9 Å². The molecule has 0 atom stereocenters. The minimum Gasteiger partial charge on any atom is -0.477 e. The van der Waals surface area contributed by atoms with Gasteiger partial charge >= 0.3 is 12.1 Å². The Labute approximate surface area is 116 Å². The lowest BCUT2D eigenvalue weighted by atomic mass is 10.2. The van der Waals surface area contributed by atoms with Gasteiger partial charge in [-0.15, -0.1) is 0 Å². The second-order valence-electron chi connectivity index (χ2n) is 5.35. The van der Waals surface area contributed by atoms with Crippen LogP contribution >= 0.6 is 0 Å². The summed E-state index contributed by atoms with van der Waals surface area (Å²) in [7, 11) is 0. The van der Waals surface area contributed by atoms with E-state index in [9.17, 15) is 9.59 Å². The van der Waals surface area contributed by atoms with Crippen molar-refractivity contribution in [3.63, 3.8) is 0 Å². The molecular formula is C14H15N2O4. The molecule has 105 valence electrons. The van der Waals surface area contributed by atoms with Crippen LogP contribution in [0.25, 0.3) is 6.08 Å². The Morgan fingerprint density at radius 3 is 2.60 bits per heavy atom. The van der Waals surface area contributed by atoms with Crippen molar-refractivity contribution in [1.29, 1.82) is 0 Å². The highest BCUT2D eigenvalue weighted by Gasteiger charge is 2.20. The van der Waals surface area contributed by atoms with Crippen molar-refractivity contribution in [3.8, 4) is 0 Å². The Hall–Kier alpha value is -2.50. The first-order chi connectivity index (χ1) is 9.24. The van der Waals surface area contributed by atoms with Crippen molar-refractivity contribution >= 4 is 29.5 Å². The van der Waals surface area contributed by atoms with Crippen LogP contribution in [0, 0.1) is 0 Å². The van der Waals surface area contributed by atoms with Crippen LogP contribution in [0.3, 0.4) is 0 Å². The van der Waals surface area contributed by atoms with Gasteiger partial charge in [0.15, 0.2) is 0 Å². The van der Waals surface area contributed by atoms with E-state index in [1.807, 2.05) is 0 Å². The number of ether oxygens (including phenoxy) is 1. The Bertz CT molecular complexity index is 600. The third kappa shape index (κ3) is 3.28. The van der Waals surface area contributed by atoms with Gasteiger partial charge in [-0.25, -0.2) is 14.9 Å². The second-order valence-corrected chi connectivity index (χ2v) is 5.35. The molecule has 0 aromatic heterocycles. The maximum absolute atomic E-state index is 11.6. The Kier molecular flexibility index (Phi) is 3.40. The molecule has 1 aromatic carbocycles. The van der Waals surface area contributed by atoms with Gasteiger partial charge in [-0.2, -0.15) is 0 Å². The maximum atomic E-state index is 11.6. The van der Waals surface area contributed by atoms with Gasteiger partial charge in [0.25, 0.3) is 0 Å². The lowest BCUT2D eigenvalue weighted by Gasteiger charge is -2.19. The van der Waals surface area contributed by atoms with Gasteiger partial charge in [0.05, 0.1) is 5.69 Å². The molecule has 6 heteroatoms. The van der Waals surface area contributed by atoms with Crippen molar-refractivity contribution in [2.75, 3.05) is 5.32 Å². The fourth-order valence-corrected chi connectivity index (χ4v) is 1.69. The SMILES string of the molecule is CC(C)(C)OC(=O)Nc1ccc2c(c1)C=C(C(=O)O)[N]2. The Morgan fingerprint density at radius 2 is 2.00 bits per heavy atom. The van der Waals surface area contributed by atoms with Crippen molar-refractivity contribution in [3.05, 3.63) is 29.5 Å². The smallest absolute Gasteiger partial charge is 0.412 e. The molecule has 0 saturated heterocycles. The zero-order valence-corrected chi connectivity index (χ0v) is 11.4. The zero-order valence-electron chi connectivity index (χ0n) is 11.4. The van der Waals surface area contributed by atoms with E-state index in [0.29, 0.717) is 16.9 Å². The summed E-state index contributed by atoms with van der Waals surface area (Å²) in [5, 5.41) is 15.4. The molecule has 6 nitrogen and oxygen atoms in total. The Morgan fingerprint density at radius 1 is 1.30 bits per heavy atom. The average Bonchev–Trinajstić information content (AvgIpc) is 2.69. The molecule has 0 bridgehead atoms. The first-order valence-corrected chi connectivity index (χ1v) is 6.05. The molecule has 20 heavy (non-hydrogen) atoms. The van der Waals surface area contributed by atoms with E-state index in [4.69, 9.17) is 9.84 Å². The zero-order chi connectivity index (χ0) is 14.9. The highest BCUT2D eigenvalue weighted by atomic mass is 16.6. The van der Waals surface area contributed by atoms with Crippen LogP contribution in [0.5, 0.6) is 0 Å². The van der Waals surface area contributed by atoms with Gasteiger partial charge < -0.3 is 9.84 Å². The van der Waals surface area contributed by atoms with Gasteiger partial charge in [-0.3, -0.25) is 5.32 Å². The summed E-state index contributed by atoms with van der Waals surface area (Å²) in [6.07, 6.45) is 0.896. The number of carboxylic acids is 1. The number of amides is 1. The molecule has 0 saturated carbocycles. The van der Waals surface area contributed by atoms with Gasteiger partial charge in [-0.1, -0.05) is 0 Å². The fourth-order valence-electron chi connectivity index (χ4n) is 1.69. The van der Waals surface area contributed by atoms with Gasteiger partial charge in [0.1, 0.15) is 11.3 Å². The van der Waals surface area contributed by atoms with Crippen LogP contribution in [-0.2, 0) is 9.53 Å². The molecule has 1 radical (unpaired) electrons. The lowest BCUT2D eigenvalue weighted by molar-refractivity contribution is -0.132. The topological polar surface area (TPSA) is 89.7 Å². The number of nitrogens with one attached hydrogen (secondary N) is 1. The summed E-state index contributed by atoms with van der Waals surface area (Å²) in [6, 6.07) is 4.94. The number of aliphatic carboxylic acids is 1. The molecule has 1 aromatic rings. The minimum atomic E-state index is -1.08. The lowest BCUT2D eigenvalue weighted by Crippen LogP contribution is -2.27. The van der Waals surface area contributed by atoms with E-state index in [1.165, 1.54) is 6.08 Å². The summed E-state index contributed by atoms with van der Waals surface area (Å²) in [5.41, 5.74) is 1.14. The number of carbonyl (C=O) groups excluding carboxylic acids is 1. The first kappa shape index (κ1) is 13.9. The van der Waals surface area contributed by atoms with Crippen LogP contribution in [0.4, 0.5) is 16.2 Å². The predicted molar refractivity (Wildman–Crippen MR) is 73.7 cm³/mol. The Balaban J connectivity index is 2.11. The molecule has 2 rings (SSSR count). The van der Waals surface area contributed by atoms with Crippen molar-refractivity contribution in [2.45, 2.75) is 26.4 Å². The first-order valence-electron chi connectivity index (χ1n) is 6.05. The number of fused-ring (bicyclic) bond motifs is 1. The van der Waals surface area contributed by atoms with Crippen LogP contribution < -0.4 is 10.6 Å². The van der Waals surface area contributed by atoms with Crippen LogP contribution in [0.2, 0.25) is 0 Å². The fraction of sp³-hybridized carbons (Fsp3) is 0.286. The molecule has 0 unspecified atom stereocenters. The number of hydrogen-bond donors (Lipinski definition) is 2. The normalized spacial score (nSPS) is 13.1. The molecule has 0 fully saturated rings. The molecule has 1 aliphatic heterocycles. The number of nitrogens with zero attached hydrogens (tertiary/aromatic N) is 1. The predicted octanol–water partition coefficient (Wildman–Crippen LogP) is 2.71. The summed E-state index contributed by atoms with van der Waals surface area (Å²) in [6.45, 7) is 5.32. The van der Waals surface area contributed by atoms with Crippen molar-refractivity contribution in [2.24, 2.45) is 0 Å². The minimum absolute atomic E-state index is 0.0191. The number of benzene rings is 1. The number of anilines is 1. The highest BCUT2D eigenvalue weighted by Crippen LogP contribution is 2.30. The van der Waals surface area contributed by atoms with Crippen LogP contribution in [0.1, 0.15) is 26.3 Å². The van der Waals surface area contributed by atoms with Gasteiger partial charge in [0.2, 0.25) is 0 Å². The maximum Gasteiger partial charge on any atom is 0.412 e. The quantitative estimate of drug-likeness (QED) is 0.868. The van der Waals surface area contributed by atoms with E-state index >= 15 is 0 Å².